The number of methoxy groups -OCH3 is 1. The predicted octanol–water partition coefficient (Wildman–Crippen LogP) is 3.16. The van der Waals surface area contributed by atoms with Gasteiger partial charge in [0, 0.05) is 35.8 Å². The number of carbonyl (C=O) groups excluding carboxylic acids is 2. The van der Waals surface area contributed by atoms with Crippen molar-refractivity contribution in [3.05, 3.63) is 71.4 Å². The van der Waals surface area contributed by atoms with Crippen LogP contribution < -0.4 is 4.74 Å². The zero-order chi connectivity index (χ0) is 22.1. The number of likely N-dealkylation sites (tertiary alicyclic amines) is 1. The van der Waals surface area contributed by atoms with Gasteiger partial charge in [-0.15, -0.1) is 0 Å². The number of para-hydroxylation sites is 1. The van der Waals surface area contributed by atoms with E-state index < -0.39 is 17.7 Å². The lowest BCUT2D eigenvalue weighted by atomic mass is 9.95. The fraction of sp³-hybridized carbons (Fsp3) is 0.250. The minimum absolute atomic E-state index is 0.0850. The van der Waals surface area contributed by atoms with E-state index in [1.807, 2.05) is 55.4 Å². The maximum Gasteiger partial charge on any atom is 0.295 e. The Morgan fingerprint density at radius 3 is 2.68 bits per heavy atom. The largest absolute Gasteiger partial charge is 0.507 e. The SMILES string of the molecule is COc1cccc([C@H]2C(=C(O)c3c[nH]c4ccccc34)C(=O)C(=O)N2CCN(C)C)c1. The molecule has 1 atom stereocenters. The molecule has 0 spiro atoms. The van der Waals surface area contributed by atoms with Gasteiger partial charge < -0.3 is 24.6 Å². The van der Waals surface area contributed by atoms with Crippen LogP contribution in [0.15, 0.2) is 60.3 Å². The molecule has 1 amide bonds. The quantitative estimate of drug-likeness (QED) is 0.364. The number of ketones is 1. The van der Waals surface area contributed by atoms with Gasteiger partial charge in [0.05, 0.1) is 18.7 Å². The number of nitrogens with one attached hydrogen (secondary N) is 1. The molecule has 1 aliphatic rings. The van der Waals surface area contributed by atoms with Crippen LogP contribution in [0.1, 0.15) is 17.2 Å². The van der Waals surface area contributed by atoms with E-state index in [-0.39, 0.29) is 11.3 Å². The Labute approximate surface area is 180 Å². The lowest BCUT2D eigenvalue weighted by Gasteiger charge is -2.26. The number of likely N-dealkylation sites (N-methyl/N-ethyl adjacent to an activating group) is 1. The minimum atomic E-state index is -0.705. The molecule has 0 bridgehead atoms. The number of H-pyrrole nitrogens is 1. The summed E-state index contributed by atoms with van der Waals surface area (Å²) in [6, 6.07) is 14.0. The van der Waals surface area contributed by atoms with Crippen molar-refractivity contribution in [2.24, 2.45) is 0 Å². The van der Waals surface area contributed by atoms with Gasteiger partial charge in [-0.2, -0.15) is 0 Å². The number of aromatic amines is 1. The number of Topliss-reactive ketones (excluding diaryl/α,β-unsaturated/α-hetero) is 1. The van der Waals surface area contributed by atoms with Crippen molar-refractivity contribution < 1.29 is 19.4 Å². The smallest absolute Gasteiger partial charge is 0.295 e. The fourth-order valence-electron chi connectivity index (χ4n) is 3.99. The Morgan fingerprint density at radius 2 is 1.94 bits per heavy atom. The van der Waals surface area contributed by atoms with Crippen LogP contribution in [-0.2, 0) is 9.59 Å². The molecule has 2 N–H and O–H groups in total. The van der Waals surface area contributed by atoms with Crippen LogP contribution in [0.4, 0.5) is 0 Å². The van der Waals surface area contributed by atoms with Gasteiger partial charge in [0.15, 0.2) is 0 Å². The Morgan fingerprint density at radius 1 is 1.16 bits per heavy atom. The average Bonchev–Trinajstić information content (AvgIpc) is 3.31. The van der Waals surface area contributed by atoms with E-state index in [2.05, 4.69) is 4.98 Å². The van der Waals surface area contributed by atoms with Gasteiger partial charge in [0.1, 0.15) is 11.5 Å². The summed E-state index contributed by atoms with van der Waals surface area (Å²) in [7, 11) is 5.38. The second kappa shape index (κ2) is 8.28. The van der Waals surface area contributed by atoms with Crippen molar-refractivity contribution in [1.29, 1.82) is 0 Å². The number of ether oxygens (including phenoxy) is 1. The number of rotatable bonds is 6. The zero-order valence-corrected chi connectivity index (χ0v) is 17.8. The van der Waals surface area contributed by atoms with Gasteiger partial charge in [-0.1, -0.05) is 30.3 Å². The highest BCUT2D eigenvalue weighted by molar-refractivity contribution is 6.46. The third-order valence-electron chi connectivity index (χ3n) is 5.58. The molecule has 0 radical (unpaired) electrons. The summed E-state index contributed by atoms with van der Waals surface area (Å²) in [5.74, 6) is -0.871. The van der Waals surface area contributed by atoms with Crippen LogP contribution in [0.3, 0.4) is 0 Å². The lowest BCUT2D eigenvalue weighted by Crippen LogP contribution is -2.35. The van der Waals surface area contributed by atoms with Gasteiger partial charge in [-0.3, -0.25) is 9.59 Å². The van der Waals surface area contributed by atoms with Crippen LogP contribution in [0.2, 0.25) is 0 Å². The lowest BCUT2D eigenvalue weighted by molar-refractivity contribution is -0.140. The molecule has 1 aliphatic heterocycles. The summed E-state index contributed by atoms with van der Waals surface area (Å²) in [5, 5.41) is 12.0. The van der Waals surface area contributed by atoms with Crippen molar-refractivity contribution in [2.45, 2.75) is 6.04 Å². The number of aliphatic hydroxyl groups excluding tert-OH is 1. The molecule has 7 heteroatoms. The normalized spacial score (nSPS) is 18.3. The number of carbonyl (C=O) groups is 2. The molecular weight excluding hydrogens is 394 g/mol. The summed E-state index contributed by atoms with van der Waals surface area (Å²) in [4.78, 5) is 32.7. The topological polar surface area (TPSA) is 85.9 Å². The molecule has 1 saturated heterocycles. The molecule has 0 aliphatic carbocycles. The molecule has 160 valence electrons. The van der Waals surface area contributed by atoms with Gasteiger partial charge in [0.25, 0.3) is 11.7 Å². The highest BCUT2D eigenvalue weighted by Crippen LogP contribution is 2.41. The molecule has 0 unspecified atom stereocenters. The van der Waals surface area contributed by atoms with E-state index in [0.29, 0.717) is 30.0 Å². The van der Waals surface area contributed by atoms with E-state index in [4.69, 9.17) is 4.74 Å². The summed E-state index contributed by atoms with van der Waals surface area (Å²) < 4.78 is 5.35. The van der Waals surface area contributed by atoms with Gasteiger partial charge in [-0.25, -0.2) is 0 Å². The first kappa shape index (κ1) is 20.7. The van der Waals surface area contributed by atoms with Crippen molar-refractivity contribution >= 4 is 28.4 Å². The van der Waals surface area contributed by atoms with E-state index in [9.17, 15) is 14.7 Å². The predicted molar refractivity (Wildman–Crippen MR) is 119 cm³/mol. The van der Waals surface area contributed by atoms with Crippen LogP contribution in [0.5, 0.6) is 5.75 Å². The number of amides is 1. The summed E-state index contributed by atoms with van der Waals surface area (Å²) in [5.41, 5.74) is 2.12. The van der Waals surface area contributed by atoms with E-state index >= 15 is 0 Å². The maximum absolute atomic E-state index is 13.1. The molecule has 2 aromatic carbocycles. The van der Waals surface area contributed by atoms with E-state index in [1.165, 1.54) is 4.90 Å². The summed E-state index contributed by atoms with van der Waals surface area (Å²) in [6.45, 7) is 0.935. The molecule has 0 saturated carbocycles. The van der Waals surface area contributed by atoms with Crippen molar-refractivity contribution in [3.63, 3.8) is 0 Å². The molecule has 2 heterocycles. The van der Waals surface area contributed by atoms with Gasteiger partial charge >= 0.3 is 0 Å². The van der Waals surface area contributed by atoms with Crippen molar-refractivity contribution in [3.8, 4) is 5.75 Å². The first-order valence-electron chi connectivity index (χ1n) is 10.1. The average molecular weight is 419 g/mol. The van der Waals surface area contributed by atoms with E-state index in [1.54, 1.807) is 25.4 Å². The van der Waals surface area contributed by atoms with Crippen LogP contribution in [-0.4, -0.2) is 65.9 Å². The molecule has 4 rings (SSSR count). The Balaban J connectivity index is 1.90. The minimum Gasteiger partial charge on any atom is -0.507 e. The van der Waals surface area contributed by atoms with Crippen LogP contribution in [0.25, 0.3) is 16.7 Å². The summed E-state index contributed by atoms with van der Waals surface area (Å²) in [6.07, 6.45) is 1.66. The number of aliphatic hydroxyl groups is 1. The molecule has 31 heavy (non-hydrogen) atoms. The number of hydrogen-bond acceptors (Lipinski definition) is 5. The van der Waals surface area contributed by atoms with Crippen molar-refractivity contribution in [2.75, 3.05) is 34.3 Å². The van der Waals surface area contributed by atoms with E-state index in [0.717, 1.165) is 10.9 Å². The highest BCUT2D eigenvalue weighted by Gasteiger charge is 2.46. The Hall–Kier alpha value is -3.58. The number of benzene rings is 2. The first-order chi connectivity index (χ1) is 14.9. The number of nitrogens with zero attached hydrogens (tertiary/aromatic N) is 2. The molecule has 3 aromatic rings. The van der Waals surface area contributed by atoms with Crippen LogP contribution >= 0.6 is 0 Å². The highest BCUT2D eigenvalue weighted by atomic mass is 16.5. The molecule has 1 aromatic heterocycles. The first-order valence-corrected chi connectivity index (χ1v) is 10.1. The number of hydrogen-bond donors (Lipinski definition) is 2. The second-order valence-electron chi connectivity index (χ2n) is 7.82. The van der Waals surface area contributed by atoms with Crippen molar-refractivity contribution in [1.82, 2.24) is 14.8 Å². The van der Waals surface area contributed by atoms with Crippen LogP contribution in [0, 0.1) is 0 Å². The zero-order valence-electron chi connectivity index (χ0n) is 17.8. The fourth-order valence-corrected chi connectivity index (χ4v) is 3.99. The summed E-state index contributed by atoms with van der Waals surface area (Å²) >= 11 is 0. The standard InChI is InChI=1S/C24H25N3O4/c1-26(2)11-12-27-21(15-7-6-8-16(13-15)31-3)20(23(29)24(27)30)22(28)18-14-25-19-10-5-4-9-17(18)19/h4-10,13-14,21,25,28H,11-12H2,1-3H3/t21-/m0/s1. The monoisotopic (exact) mass is 419 g/mol. The molecular formula is C24H25N3O4. The third kappa shape index (κ3) is 3.68. The van der Waals surface area contributed by atoms with Gasteiger partial charge in [-0.05, 0) is 37.9 Å². The third-order valence-corrected chi connectivity index (χ3v) is 5.58. The number of aromatic nitrogens is 1. The maximum atomic E-state index is 13.1. The molecule has 1 fully saturated rings. The molecule has 7 nitrogen and oxygen atoms in total. The Bertz CT molecular complexity index is 1180. The Kier molecular flexibility index (Phi) is 5.52. The number of fused-ring (bicyclic) bond motifs is 1. The second-order valence-corrected chi connectivity index (χ2v) is 7.82. The van der Waals surface area contributed by atoms with Gasteiger partial charge in [0.2, 0.25) is 0 Å².